The van der Waals surface area contributed by atoms with E-state index >= 15 is 0 Å². The van der Waals surface area contributed by atoms with Crippen molar-refractivity contribution in [1.29, 1.82) is 0 Å². The molecule has 2 N–H and O–H groups in total. The SMILES string of the molecule is Cc1ccc(C(C(=O)NC(C)(C)C)N(C(=O)C(Cc2ccccc2)NC(=O)OC(C)(C)C)C2CCC2)cc1. The third-order valence-corrected chi connectivity index (χ3v) is 6.41. The summed E-state index contributed by atoms with van der Waals surface area (Å²) in [5, 5.41) is 5.91. The van der Waals surface area contributed by atoms with Gasteiger partial charge in [-0.25, -0.2) is 4.79 Å². The van der Waals surface area contributed by atoms with Gasteiger partial charge in [-0.3, -0.25) is 9.59 Å². The summed E-state index contributed by atoms with van der Waals surface area (Å²) in [5.41, 5.74) is 1.52. The Balaban J connectivity index is 2.03. The molecule has 0 aromatic heterocycles. The molecule has 0 radical (unpaired) electrons. The number of benzene rings is 2. The number of nitrogens with zero attached hydrogens (tertiary/aromatic N) is 1. The number of ether oxygens (including phenoxy) is 1. The molecule has 0 bridgehead atoms. The van der Waals surface area contributed by atoms with Gasteiger partial charge in [0.1, 0.15) is 17.7 Å². The van der Waals surface area contributed by atoms with Crippen LogP contribution in [0.5, 0.6) is 0 Å². The molecule has 1 aliphatic rings. The van der Waals surface area contributed by atoms with Gasteiger partial charge >= 0.3 is 6.09 Å². The fourth-order valence-corrected chi connectivity index (χ4v) is 4.49. The summed E-state index contributed by atoms with van der Waals surface area (Å²) in [5.74, 6) is -0.531. The van der Waals surface area contributed by atoms with Crippen LogP contribution in [-0.2, 0) is 20.7 Å². The lowest BCUT2D eigenvalue weighted by Gasteiger charge is -2.44. The largest absolute Gasteiger partial charge is 0.444 e. The summed E-state index contributed by atoms with van der Waals surface area (Å²) < 4.78 is 5.51. The first-order valence-corrected chi connectivity index (χ1v) is 13.5. The highest BCUT2D eigenvalue weighted by molar-refractivity contribution is 5.93. The molecular weight excluding hydrogens is 478 g/mol. The number of nitrogens with one attached hydrogen (secondary N) is 2. The summed E-state index contributed by atoms with van der Waals surface area (Å²) in [7, 11) is 0. The molecule has 0 heterocycles. The Bertz CT molecular complexity index is 1100. The molecule has 7 nitrogen and oxygen atoms in total. The molecule has 2 atom stereocenters. The molecule has 38 heavy (non-hydrogen) atoms. The highest BCUT2D eigenvalue weighted by Gasteiger charge is 2.42. The quantitative estimate of drug-likeness (QED) is 0.482. The predicted octanol–water partition coefficient (Wildman–Crippen LogP) is 5.47. The predicted molar refractivity (Wildman–Crippen MR) is 150 cm³/mol. The molecule has 3 rings (SSSR count). The fraction of sp³-hybridized carbons (Fsp3) is 0.516. The lowest BCUT2D eigenvalue weighted by molar-refractivity contribution is -0.148. The Morgan fingerprint density at radius 2 is 1.55 bits per heavy atom. The molecule has 0 spiro atoms. The number of alkyl carbamates (subject to hydrolysis) is 1. The van der Waals surface area contributed by atoms with Crippen LogP contribution >= 0.6 is 0 Å². The molecule has 1 aliphatic carbocycles. The molecule has 1 fully saturated rings. The van der Waals surface area contributed by atoms with E-state index < -0.39 is 29.3 Å². The second kappa shape index (κ2) is 12.0. The van der Waals surface area contributed by atoms with Gasteiger partial charge in [-0.1, -0.05) is 60.2 Å². The van der Waals surface area contributed by atoms with Crippen LogP contribution in [0.4, 0.5) is 4.79 Å². The molecule has 0 aliphatic heterocycles. The monoisotopic (exact) mass is 521 g/mol. The summed E-state index contributed by atoms with van der Waals surface area (Å²) in [6.07, 6.45) is 2.22. The van der Waals surface area contributed by atoms with Gasteiger partial charge in [0.05, 0.1) is 0 Å². The van der Waals surface area contributed by atoms with Crippen molar-refractivity contribution in [3.63, 3.8) is 0 Å². The van der Waals surface area contributed by atoms with Crippen LogP contribution in [-0.4, -0.2) is 46.0 Å². The molecular formula is C31H43N3O4. The highest BCUT2D eigenvalue weighted by Crippen LogP contribution is 2.34. The maximum Gasteiger partial charge on any atom is 0.408 e. The summed E-state index contributed by atoms with van der Waals surface area (Å²) in [4.78, 5) is 42.8. The zero-order chi connectivity index (χ0) is 28.1. The van der Waals surface area contributed by atoms with Gasteiger partial charge in [0.2, 0.25) is 11.8 Å². The molecule has 2 aromatic rings. The Hall–Kier alpha value is -3.35. The van der Waals surface area contributed by atoms with Crippen LogP contribution in [0.3, 0.4) is 0 Å². The third kappa shape index (κ3) is 8.33. The van der Waals surface area contributed by atoms with Gasteiger partial charge in [-0.2, -0.15) is 0 Å². The Labute approximate surface area is 227 Å². The average molecular weight is 522 g/mol. The van der Waals surface area contributed by atoms with Crippen LogP contribution in [0.25, 0.3) is 0 Å². The standard InChI is InChI=1S/C31H43N3O4/c1-21-16-18-23(19-17-21)26(27(35)33-30(2,3)4)34(24-14-11-15-24)28(36)25(20-22-12-9-8-10-13-22)32-29(37)38-31(5,6)7/h8-10,12-13,16-19,24-26H,11,14-15,20H2,1-7H3,(H,32,37)(H,33,35). The maximum absolute atomic E-state index is 14.4. The van der Waals surface area contributed by atoms with Crippen molar-refractivity contribution in [2.24, 2.45) is 0 Å². The number of hydrogen-bond acceptors (Lipinski definition) is 4. The topological polar surface area (TPSA) is 87.7 Å². The number of carbonyl (C=O) groups is 3. The van der Waals surface area contributed by atoms with E-state index in [9.17, 15) is 14.4 Å². The van der Waals surface area contributed by atoms with E-state index in [0.29, 0.717) is 0 Å². The van der Waals surface area contributed by atoms with Crippen molar-refractivity contribution in [3.8, 4) is 0 Å². The van der Waals surface area contributed by atoms with Gasteiger partial charge in [-0.15, -0.1) is 0 Å². The molecule has 2 unspecified atom stereocenters. The Morgan fingerprint density at radius 1 is 0.947 bits per heavy atom. The first-order chi connectivity index (χ1) is 17.7. The summed E-state index contributed by atoms with van der Waals surface area (Å²) in [6, 6.07) is 15.5. The molecule has 2 aromatic carbocycles. The minimum absolute atomic E-state index is 0.0989. The van der Waals surface area contributed by atoms with E-state index in [2.05, 4.69) is 10.6 Å². The zero-order valence-corrected chi connectivity index (χ0v) is 23.8. The smallest absolute Gasteiger partial charge is 0.408 e. The fourth-order valence-electron chi connectivity index (χ4n) is 4.49. The van der Waals surface area contributed by atoms with Gasteiger partial charge in [0.25, 0.3) is 0 Å². The van der Waals surface area contributed by atoms with E-state index in [1.54, 1.807) is 25.7 Å². The second-order valence-electron chi connectivity index (χ2n) is 12.3. The number of carbonyl (C=O) groups excluding carboxylic acids is 3. The third-order valence-electron chi connectivity index (χ3n) is 6.41. The Morgan fingerprint density at radius 3 is 2.05 bits per heavy atom. The number of hydrogen-bond donors (Lipinski definition) is 2. The second-order valence-corrected chi connectivity index (χ2v) is 12.3. The minimum Gasteiger partial charge on any atom is -0.444 e. The minimum atomic E-state index is -0.900. The van der Waals surface area contributed by atoms with Crippen molar-refractivity contribution in [3.05, 3.63) is 71.3 Å². The zero-order valence-electron chi connectivity index (χ0n) is 23.8. The molecule has 0 saturated heterocycles. The number of rotatable bonds is 8. The number of amides is 3. The van der Waals surface area contributed by atoms with E-state index in [0.717, 1.165) is 36.0 Å². The van der Waals surface area contributed by atoms with E-state index in [1.165, 1.54) is 0 Å². The van der Waals surface area contributed by atoms with Crippen molar-refractivity contribution < 1.29 is 19.1 Å². The van der Waals surface area contributed by atoms with Gasteiger partial charge in [-0.05, 0) is 78.9 Å². The van der Waals surface area contributed by atoms with E-state index in [-0.39, 0.29) is 24.3 Å². The van der Waals surface area contributed by atoms with Crippen molar-refractivity contribution >= 4 is 17.9 Å². The maximum atomic E-state index is 14.4. The van der Waals surface area contributed by atoms with E-state index in [1.807, 2.05) is 82.3 Å². The van der Waals surface area contributed by atoms with Gasteiger partial charge in [0, 0.05) is 18.0 Å². The van der Waals surface area contributed by atoms with Crippen molar-refractivity contribution in [2.45, 2.75) is 103 Å². The van der Waals surface area contributed by atoms with Crippen LogP contribution in [0, 0.1) is 6.92 Å². The summed E-state index contributed by atoms with van der Waals surface area (Å²) in [6.45, 7) is 13.1. The molecule has 206 valence electrons. The number of aryl methyl sites for hydroxylation is 1. The Kier molecular flexibility index (Phi) is 9.23. The van der Waals surface area contributed by atoms with Crippen LogP contribution in [0.15, 0.2) is 54.6 Å². The van der Waals surface area contributed by atoms with Crippen LogP contribution < -0.4 is 10.6 Å². The van der Waals surface area contributed by atoms with Crippen molar-refractivity contribution in [1.82, 2.24) is 15.5 Å². The lowest BCUT2D eigenvalue weighted by atomic mass is 9.87. The molecule has 1 saturated carbocycles. The summed E-state index contributed by atoms with van der Waals surface area (Å²) >= 11 is 0. The van der Waals surface area contributed by atoms with Crippen molar-refractivity contribution in [2.75, 3.05) is 0 Å². The molecule has 3 amide bonds. The van der Waals surface area contributed by atoms with Crippen LogP contribution in [0.2, 0.25) is 0 Å². The highest BCUT2D eigenvalue weighted by atomic mass is 16.6. The average Bonchev–Trinajstić information content (AvgIpc) is 2.76. The van der Waals surface area contributed by atoms with Gasteiger partial charge < -0.3 is 20.3 Å². The molecule has 7 heteroatoms. The first kappa shape index (κ1) is 29.2. The van der Waals surface area contributed by atoms with Gasteiger partial charge in [0.15, 0.2) is 0 Å². The van der Waals surface area contributed by atoms with E-state index in [4.69, 9.17) is 4.74 Å². The normalized spacial score (nSPS) is 15.6. The van der Waals surface area contributed by atoms with Crippen LogP contribution in [0.1, 0.15) is 83.5 Å². The lowest BCUT2D eigenvalue weighted by Crippen LogP contribution is -2.59. The first-order valence-electron chi connectivity index (χ1n) is 13.5.